The van der Waals surface area contributed by atoms with E-state index in [0.29, 0.717) is 17.9 Å². The van der Waals surface area contributed by atoms with Crippen molar-refractivity contribution in [2.24, 2.45) is 23.5 Å². The fraction of sp³-hybridized carbons (Fsp3) is 0.667. The number of nitrogens with two attached hydrogens (primary N) is 1. The minimum absolute atomic E-state index is 0.0855. The van der Waals surface area contributed by atoms with E-state index < -0.39 is 0 Å². The summed E-state index contributed by atoms with van der Waals surface area (Å²) in [6, 6.07) is 10.9. The Morgan fingerprint density at radius 3 is 2.33 bits per heavy atom. The Kier molecular flexibility index (Phi) is 5.00. The molecule has 0 aliphatic heterocycles. The van der Waals surface area contributed by atoms with E-state index in [1.165, 1.54) is 24.8 Å². The average molecular weight is 328 g/mol. The third kappa shape index (κ3) is 3.37. The first kappa shape index (κ1) is 17.5. The summed E-state index contributed by atoms with van der Waals surface area (Å²) in [5, 5.41) is 3.31. The van der Waals surface area contributed by atoms with E-state index in [9.17, 15) is 4.79 Å². The molecule has 0 spiro atoms. The summed E-state index contributed by atoms with van der Waals surface area (Å²) >= 11 is 0. The summed E-state index contributed by atoms with van der Waals surface area (Å²) in [5.41, 5.74) is 7.54. The third-order valence-corrected chi connectivity index (χ3v) is 6.74. The standard InChI is InChI=1S/C21H32N2O/c1-14(21(2,3)18-10-5-4-6-11-18)23-20(24)17-12-15-8-7-9-16(13-17)19(15)22/h4-6,10-11,14-17,19H,7-9,12-13,22H2,1-3H3,(H,23,24). The highest BCUT2D eigenvalue weighted by Gasteiger charge is 2.41. The predicted molar refractivity (Wildman–Crippen MR) is 98.6 cm³/mol. The zero-order valence-electron chi connectivity index (χ0n) is 15.3. The molecule has 2 bridgehead atoms. The zero-order chi connectivity index (χ0) is 17.3. The van der Waals surface area contributed by atoms with E-state index in [2.05, 4.69) is 50.4 Å². The molecule has 3 unspecified atom stereocenters. The lowest BCUT2D eigenvalue weighted by atomic mass is 9.65. The fourth-order valence-electron chi connectivity index (χ4n) is 4.63. The van der Waals surface area contributed by atoms with E-state index in [4.69, 9.17) is 5.73 Å². The number of amides is 1. The molecular formula is C21H32N2O. The van der Waals surface area contributed by atoms with Gasteiger partial charge >= 0.3 is 0 Å². The monoisotopic (exact) mass is 328 g/mol. The maximum atomic E-state index is 12.9. The van der Waals surface area contributed by atoms with Crippen LogP contribution in [-0.2, 0) is 10.2 Å². The summed E-state index contributed by atoms with van der Waals surface area (Å²) in [6.45, 7) is 6.54. The van der Waals surface area contributed by atoms with E-state index in [-0.39, 0.29) is 23.3 Å². The van der Waals surface area contributed by atoms with Crippen molar-refractivity contribution in [3.05, 3.63) is 35.9 Å². The number of benzene rings is 1. The molecule has 3 heteroatoms. The van der Waals surface area contributed by atoms with Gasteiger partial charge in [-0.2, -0.15) is 0 Å². The van der Waals surface area contributed by atoms with Gasteiger partial charge in [0.15, 0.2) is 0 Å². The highest BCUT2D eigenvalue weighted by Crippen LogP contribution is 2.42. The van der Waals surface area contributed by atoms with Gasteiger partial charge in [0.2, 0.25) is 5.91 Å². The molecule has 0 saturated heterocycles. The maximum absolute atomic E-state index is 12.9. The normalized spacial score (nSPS) is 31.3. The van der Waals surface area contributed by atoms with Gasteiger partial charge in [-0.1, -0.05) is 50.6 Å². The van der Waals surface area contributed by atoms with Crippen molar-refractivity contribution in [3.8, 4) is 0 Å². The highest BCUT2D eigenvalue weighted by molar-refractivity contribution is 5.79. The molecule has 1 aromatic rings. The van der Waals surface area contributed by atoms with Crippen molar-refractivity contribution in [2.45, 2.75) is 70.4 Å². The van der Waals surface area contributed by atoms with Gasteiger partial charge in [0, 0.05) is 23.4 Å². The van der Waals surface area contributed by atoms with Gasteiger partial charge < -0.3 is 11.1 Å². The van der Waals surface area contributed by atoms with E-state index in [1.807, 2.05) is 6.07 Å². The number of hydrogen-bond donors (Lipinski definition) is 2. The largest absolute Gasteiger partial charge is 0.353 e. The summed E-state index contributed by atoms with van der Waals surface area (Å²) in [5.74, 6) is 1.47. The van der Waals surface area contributed by atoms with Crippen LogP contribution in [-0.4, -0.2) is 18.0 Å². The molecule has 2 saturated carbocycles. The van der Waals surface area contributed by atoms with Crippen LogP contribution in [0.3, 0.4) is 0 Å². The SMILES string of the molecule is CC(NC(=O)C1CC2CCCC(C1)C2N)C(C)(C)c1ccccc1. The number of carbonyl (C=O) groups excluding carboxylic acids is 1. The Labute approximate surface area is 146 Å². The lowest BCUT2D eigenvalue weighted by Crippen LogP contribution is -2.52. The van der Waals surface area contributed by atoms with Crippen LogP contribution in [0.15, 0.2) is 30.3 Å². The Morgan fingerprint density at radius 2 is 1.75 bits per heavy atom. The minimum atomic E-state index is -0.0855. The van der Waals surface area contributed by atoms with Crippen LogP contribution in [0.2, 0.25) is 0 Å². The number of rotatable bonds is 4. The van der Waals surface area contributed by atoms with Crippen molar-refractivity contribution in [2.75, 3.05) is 0 Å². The molecule has 3 N–H and O–H groups in total. The average Bonchev–Trinajstić information content (AvgIpc) is 2.55. The highest BCUT2D eigenvalue weighted by atomic mass is 16.1. The molecule has 1 amide bonds. The van der Waals surface area contributed by atoms with Gasteiger partial charge in [0.05, 0.1) is 0 Å². The first-order valence-corrected chi connectivity index (χ1v) is 9.51. The molecule has 0 aromatic heterocycles. The van der Waals surface area contributed by atoms with E-state index in [0.717, 1.165) is 12.8 Å². The number of carbonyl (C=O) groups is 1. The van der Waals surface area contributed by atoms with Gasteiger partial charge in [0.25, 0.3) is 0 Å². The Bertz CT molecular complexity index is 554. The first-order chi connectivity index (χ1) is 11.4. The molecule has 0 heterocycles. The molecule has 132 valence electrons. The topological polar surface area (TPSA) is 55.1 Å². The second-order valence-electron chi connectivity index (χ2n) is 8.51. The molecule has 2 aliphatic carbocycles. The van der Waals surface area contributed by atoms with Crippen LogP contribution in [0.5, 0.6) is 0 Å². The van der Waals surface area contributed by atoms with Gasteiger partial charge in [-0.3, -0.25) is 4.79 Å². The molecule has 24 heavy (non-hydrogen) atoms. The van der Waals surface area contributed by atoms with Crippen molar-refractivity contribution in [1.29, 1.82) is 0 Å². The van der Waals surface area contributed by atoms with Crippen molar-refractivity contribution < 1.29 is 4.79 Å². The van der Waals surface area contributed by atoms with Crippen LogP contribution < -0.4 is 11.1 Å². The lowest BCUT2D eigenvalue weighted by molar-refractivity contribution is -0.129. The van der Waals surface area contributed by atoms with Crippen molar-refractivity contribution in [1.82, 2.24) is 5.32 Å². The second kappa shape index (κ2) is 6.87. The van der Waals surface area contributed by atoms with E-state index >= 15 is 0 Å². The summed E-state index contributed by atoms with van der Waals surface area (Å²) in [7, 11) is 0. The molecule has 0 radical (unpaired) electrons. The number of fused-ring (bicyclic) bond motifs is 2. The summed E-state index contributed by atoms with van der Waals surface area (Å²) in [6.07, 6.45) is 5.64. The molecule has 1 aromatic carbocycles. The summed E-state index contributed by atoms with van der Waals surface area (Å²) < 4.78 is 0. The van der Waals surface area contributed by atoms with Crippen LogP contribution >= 0.6 is 0 Å². The van der Waals surface area contributed by atoms with Crippen LogP contribution in [0, 0.1) is 17.8 Å². The van der Waals surface area contributed by atoms with Gasteiger partial charge in [-0.15, -0.1) is 0 Å². The fourth-order valence-corrected chi connectivity index (χ4v) is 4.63. The zero-order valence-corrected chi connectivity index (χ0v) is 15.3. The Morgan fingerprint density at radius 1 is 1.17 bits per heavy atom. The van der Waals surface area contributed by atoms with Crippen molar-refractivity contribution in [3.63, 3.8) is 0 Å². The maximum Gasteiger partial charge on any atom is 0.223 e. The molecular weight excluding hydrogens is 296 g/mol. The van der Waals surface area contributed by atoms with Gasteiger partial charge in [-0.25, -0.2) is 0 Å². The van der Waals surface area contributed by atoms with Gasteiger partial charge in [0.1, 0.15) is 0 Å². The molecule has 3 atom stereocenters. The van der Waals surface area contributed by atoms with Crippen molar-refractivity contribution >= 4 is 5.91 Å². The molecule has 3 nitrogen and oxygen atoms in total. The lowest BCUT2D eigenvalue weighted by Gasteiger charge is -2.44. The Balaban J connectivity index is 1.64. The van der Waals surface area contributed by atoms with Crippen LogP contribution in [0.4, 0.5) is 0 Å². The van der Waals surface area contributed by atoms with Crippen LogP contribution in [0.1, 0.15) is 58.4 Å². The van der Waals surface area contributed by atoms with Gasteiger partial charge in [-0.05, 0) is 50.0 Å². The van der Waals surface area contributed by atoms with Crippen LogP contribution in [0.25, 0.3) is 0 Å². The Hall–Kier alpha value is -1.35. The molecule has 3 rings (SSSR count). The predicted octanol–water partition coefficient (Wildman–Crippen LogP) is 3.62. The first-order valence-electron chi connectivity index (χ1n) is 9.51. The third-order valence-electron chi connectivity index (χ3n) is 6.74. The second-order valence-corrected chi connectivity index (χ2v) is 8.51. The number of nitrogens with one attached hydrogen (secondary N) is 1. The smallest absolute Gasteiger partial charge is 0.223 e. The number of hydrogen-bond acceptors (Lipinski definition) is 2. The summed E-state index contributed by atoms with van der Waals surface area (Å²) in [4.78, 5) is 12.9. The molecule has 2 fully saturated rings. The molecule has 2 aliphatic rings. The minimum Gasteiger partial charge on any atom is -0.353 e. The quantitative estimate of drug-likeness (QED) is 0.887. The van der Waals surface area contributed by atoms with E-state index in [1.54, 1.807) is 0 Å².